The molecular formula is C21H27N3O2. The Labute approximate surface area is 155 Å². The molecule has 0 saturated heterocycles. The zero-order valence-electron chi connectivity index (χ0n) is 15.9. The lowest BCUT2D eigenvalue weighted by Crippen LogP contribution is -2.35. The van der Waals surface area contributed by atoms with E-state index >= 15 is 0 Å². The molecule has 0 radical (unpaired) electrons. The maximum absolute atomic E-state index is 12.3. The fourth-order valence-corrected chi connectivity index (χ4v) is 3.05. The van der Waals surface area contributed by atoms with Gasteiger partial charge in [0.2, 0.25) is 11.8 Å². The zero-order chi connectivity index (χ0) is 19.3. The van der Waals surface area contributed by atoms with Crippen molar-refractivity contribution in [2.45, 2.75) is 33.6 Å². The highest BCUT2D eigenvalue weighted by Gasteiger charge is 2.15. The summed E-state index contributed by atoms with van der Waals surface area (Å²) >= 11 is 0. The average Bonchev–Trinajstić information content (AvgIpc) is 2.57. The molecule has 5 nitrogen and oxygen atoms in total. The van der Waals surface area contributed by atoms with E-state index < -0.39 is 0 Å². The number of benzene rings is 2. The van der Waals surface area contributed by atoms with E-state index in [-0.39, 0.29) is 18.4 Å². The molecule has 0 aliphatic rings. The Morgan fingerprint density at radius 3 is 2.31 bits per heavy atom. The molecule has 2 amide bonds. The van der Waals surface area contributed by atoms with Gasteiger partial charge in [-0.2, -0.15) is 0 Å². The van der Waals surface area contributed by atoms with Gasteiger partial charge in [-0.25, -0.2) is 0 Å². The van der Waals surface area contributed by atoms with Crippen molar-refractivity contribution in [1.29, 1.82) is 0 Å². The molecular weight excluding hydrogens is 326 g/mol. The third kappa shape index (κ3) is 5.09. The molecule has 0 aliphatic carbocycles. The number of aryl methyl sites for hydroxylation is 4. The largest absolute Gasteiger partial charge is 0.399 e. The van der Waals surface area contributed by atoms with E-state index in [4.69, 9.17) is 5.73 Å². The maximum atomic E-state index is 12.3. The predicted octanol–water partition coefficient (Wildman–Crippen LogP) is 3.22. The number of anilines is 2. The van der Waals surface area contributed by atoms with Crippen LogP contribution in [-0.4, -0.2) is 30.3 Å². The number of nitrogen functional groups attached to an aromatic ring is 1. The number of para-hydroxylation sites is 1. The molecule has 0 atom stereocenters. The zero-order valence-corrected chi connectivity index (χ0v) is 15.9. The third-order valence-electron chi connectivity index (χ3n) is 4.41. The van der Waals surface area contributed by atoms with Gasteiger partial charge in [-0.1, -0.05) is 35.9 Å². The molecule has 0 spiro atoms. The molecule has 2 aromatic rings. The van der Waals surface area contributed by atoms with Crippen molar-refractivity contribution in [3.63, 3.8) is 0 Å². The van der Waals surface area contributed by atoms with Gasteiger partial charge in [0.05, 0.1) is 6.54 Å². The lowest BCUT2D eigenvalue weighted by atomic mass is 10.1. The minimum atomic E-state index is -0.199. The second-order valence-corrected chi connectivity index (χ2v) is 6.77. The first-order chi connectivity index (χ1) is 12.3. The quantitative estimate of drug-likeness (QED) is 0.783. The Morgan fingerprint density at radius 2 is 1.69 bits per heavy atom. The number of nitrogens with zero attached hydrogens (tertiary/aromatic N) is 1. The summed E-state index contributed by atoms with van der Waals surface area (Å²) in [6, 6.07) is 11.6. The van der Waals surface area contributed by atoms with Gasteiger partial charge < -0.3 is 16.0 Å². The first kappa shape index (κ1) is 19.5. The van der Waals surface area contributed by atoms with Gasteiger partial charge in [-0.05, 0) is 49.9 Å². The molecule has 0 saturated carbocycles. The number of hydrogen-bond acceptors (Lipinski definition) is 3. The number of carbonyl (C=O) groups is 2. The second kappa shape index (κ2) is 8.52. The Morgan fingerprint density at radius 1 is 1.08 bits per heavy atom. The Balaban J connectivity index is 1.90. The first-order valence-corrected chi connectivity index (χ1v) is 8.73. The van der Waals surface area contributed by atoms with Crippen molar-refractivity contribution in [2.24, 2.45) is 0 Å². The SMILES string of the molecule is Cc1cc(C)c(NC(=O)CN(C)C(=O)CCc2ccccc2N)c(C)c1. The van der Waals surface area contributed by atoms with Crippen molar-refractivity contribution >= 4 is 23.2 Å². The highest BCUT2D eigenvalue weighted by atomic mass is 16.2. The predicted molar refractivity (Wildman–Crippen MR) is 106 cm³/mol. The summed E-state index contributed by atoms with van der Waals surface area (Å²) in [6.07, 6.45) is 0.883. The Bertz CT molecular complexity index is 792. The van der Waals surface area contributed by atoms with Crippen LogP contribution in [0.2, 0.25) is 0 Å². The van der Waals surface area contributed by atoms with Gasteiger partial charge in [0, 0.05) is 24.8 Å². The molecule has 5 heteroatoms. The number of nitrogens with two attached hydrogens (primary N) is 1. The van der Waals surface area contributed by atoms with Crippen molar-refractivity contribution in [2.75, 3.05) is 24.6 Å². The molecule has 2 rings (SSSR count). The summed E-state index contributed by atoms with van der Waals surface area (Å²) in [5.41, 5.74) is 11.5. The topological polar surface area (TPSA) is 75.4 Å². The first-order valence-electron chi connectivity index (χ1n) is 8.73. The number of nitrogens with one attached hydrogen (secondary N) is 1. The standard InChI is InChI=1S/C21H27N3O2/c1-14-11-15(2)21(16(3)12-14)23-19(25)13-24(4)20(26)10-9-17-7-5-6-8-18(17)22/h5-8,11-12H,9-10,13,22H2,1-4H3,(H,23,25). The van der Waals surface area contributed by atoms with Gasteiger partial charge in [0.1, 0.15) is 0 Å². The van der Waals surface area contributed by atoms with E-state index in [9.17, 15) is 9.59 Å². The molecule has 0 bridgehead atoms. The van der Waals surface area contributed by atoms with E-state index in [0.29, 0.717) is 18.5 Å². The number of rotatable bonds is 6. The summed E-state index contributed by atoms with van der Waals surface area (Å²) in [5.74, 6) is -0.282. The van der Waals surface area contributed by atoms with Crippen LogP contribution in [0.4, 0.5) is 11.4 Å². The molecule has 0 heterocycles. The van der Waals surface area contributed by atoms with Crippen molar-refractivity contribution in [3.05, 3.63) is 58.7 Å². The molecule has 2 aromatic carbocycles. The van der Waals surface area contributed by atoms with Crippen LogP contribution in [0.5, 0.6) is 0 Å². The molecule has 0 unspecified atom stereocenters. The number of hydrogen-bond donors (Lipinski definition) is 2. The molecule has 0 aliphatic heterocycles. The number of carbonyl (C=O) groups excluding carboxylic acids is 2. The minimum Gasteiger partial charge on any atom is -0.399 e. The second-order valence-electron chi connectivity index (χ2n) is 6.77. The molecule has 138 valence electrons. The third-order valence-corrected chi connectivity index (χ3v) is 4.41. The van der Waals surface area contributed by atoms with Crippen LogP contribution < -0.4 is 11.1 Å². The van der Waals surface area contributed by atoms with Crippen LogP contribution in [0.1, 0.15) is 28.7 Å². The van der Waals surface area contributed by atoms with Crippen molar-refractivity contribution in [1.82, 2.24) is 4.90 Å². The number of likely N-dealkylation sites (N-methyl/N-ethyl adjacent to an activating group) is 1. The van der Waals surface area contributed by atoms with E-state index in [1.54, 1.807) is 7.05 Å². The fraction of sp³-hybridized carbons (Fsp3) is 0.333. The lowest BCUT2D eigenvalue weighted by molar-refractivity contribution is -0.133. The van der Waals surface area contributed by atoms with E-state index in [1.807, 2.05) is 57.2 Å². The van der Waals surface area contributed by atoms with Crippen LogP contribution in [0.15, 0.2) is 36.4 Å². The van der Waals surface area contributed by atoms with Crippen molar-refractivity contribution < 1.29 is 9.59 Å². The highest BCUT2D eigenvalue weighted by molar-refractivity contribution is 5.95. The summed E-state index contributed by atoms with van der Waals surface area (Å²) < 4.78 is 0. The van der Waals surface area contributed by atoms with E-state index in [2.05, 4.69) is 5.32 Å². The van der Waals surface area contributed by atoms with Gasteiger partial charge in [0.15, 0.2) is 0 Å². The summed E-state index contributed by atoms with van der Waals surface area (Å²) in [6.45, 7) is 5.98. The average molecular weight is 353 g/mol. The normalized spacial score (nSPS) is 10.5. The molecule has 0 fully saturated rings. The fourth-order valence-electron chi connectivity index (χ4n) is 3.05. The summed E-state index contributed by atoms with van der Waals surface area (Å²) in [4.78, 5) is 26.1. The Hall–Kier alpha value is -2.82. The molecule has 26 heavy (non-hydrogen) atoms. The lowest BCUT2D eigenvalue weighted by Gasteiger charge is -2.18. The molecule has 3 N–H and O–H groups in total. The monoisotopic (exact) mass is 353 g/mol. The van der Waals surface area contributed by atoms with Gasteiger partial charge in [-0.3, -0.25) is 9.59 Å². The van der Waals surface area contributed by atoms with Crippen LogP contribution in [0.3, 0.4) is 0 Å². The summed E-state index contributed by atoms with van der Waals surface area (Å²) in [7, 11) is 1.64. The van der Waals surface area contributed by atoms with Crippen LogP contribution in [-0.2, 0) is 16.0 Å². The van der Waals surface area contributed by atoms with E-state index in [0.717, 1.165) is 27.9 Å². The number of amides is 2. The minimum absolute atomic E-state index is 0.0237. The van der Waals surface area contributed by atoms with Crippen molar-refractivity contribution in [3.8, 4) is 0 Å². The van der Waals surface area contributed by atoms with Crippen LogP contribution in [0, 0.1) is 20.8 Å². The van der Waals surface area contributed by atoms with Crippen LogP contribution in [0.25, 0.3) is 0 Å². The summed E-state index contributed by atoms with van der Waals surface area (Å²) in [5, 5.41) is 2.92. The van der Waals surface area contributed by atoms with Gasteiger partial charge >= 0.3 is 0 Å². The maximum Gasteiger partial charge on any atom is 0.243 e. The smallest absolute Gasteiger partial charge is 0.243 e. The van der Waals surface area contributed by atoms with Crippen LogP contribution >= 0.6 is 0 Å². The van der Waals surface area contributed by atoms with Gasteiger partial charge in [0.25, 0.3) is 0 Å². The molecule has 0 aromatic heterocycles. The Kier molecular flexibility index (Phi) is 6.39. The van der Waals surface area contributed by atoms with Gasteiger partial charge in [-0.15, -0.1) is 0 Å². The highest BCUT2D eigenvalue weighted by Crippen LogP contribution is 2.21. The van der Waals surface area contributed by atoms with E-state index in [1.165, 1.54) is 4.90 Å².